The molecule has 0 aliphatic heterocycles. The van der Waals surface area contributed by atoms with E-state index in [1.807, 2.05) is 29.6 Å². The van der Waals surface area contributed by atoms with Gasteiger partial charge in [0.1, 0.15) is 22.5 Å². The van der Waals surface area contributed by atoms with Crippen LogP contribution in [0.5, 0.6) is 11.6 Å². The second-order valence-corrected chi connectivity index (χ2v) is 6.90. The van der Waals surface area contributed by atoms with Crippen LogP contribution in [0.4, 0.5) is 0 Å². The van der Waals surface area contributed by atoms with Gasteiger partial charge in [-0.15, -0.1) is 11.3 Å². The van der Waals surface area contributed by atoms with E-state index in [1.165, 1.54) is 24.8 Å². The molecule has 0 atom stereocenters. The first kappa shape index (κ1) is 17.5. The van der Waals surface area contributed by atoms with Crippen molar-refractivity contribution in [3.05, 3.63) is 70.8 Å². The number of halogens is 1. The van der Waals surface area contributed by atoms with Gasteiger partial charge in [-0.1, -0.05) is 35.9 Å². The van der Waals surface area contributed by atoms with Crippen molar-refractivity contribution in [1.29, 1.82) is 0 Å². The minimum Gasteiger partial charge on any atom is -0.465 e. The Morgan fingerprint density at radius 3 is 2.63 bits per heavy atom. The summed E-state index contributed by atoms with van der Waals surface area (Å²) in [6, 6.07) is 14.4. The van der Waals surface area contributed by atoms with Gasteiger partial charge >= 0.3 is 5.97 Å². The number of methoxy groups -OCH3 is 1. The topological polar surface area (TPSA) is 61.3 Å². The third-order valence-corrected chi connectivity index (χ3v) is 5.13. The molecule has 0 aliphatic rings. The van der Waals surface area contributed by atoms with E-state index in [9.17, 15) is 4.79 Å². The summed E-state index contributed by atoms with van der Waals surface area (Å²) >= 11 is 7.50. The molecule has 0 unspecified atom stereocenters. The van der Waals surface area contributed by atoms with Crippen LogP contribution in [0.1, 0.15) is 10.4 Å². The number of thiophene rings is 1. The molecule has 0 fully saturated rings. The molecule has 2 aromatic heterocycles. The molecule has 7 heteroatoms. The third kappa shape index (κ3) is 3.37. The maximum atomic E-state index is 12.0. The number of hydrogen-bond acceptors (Lipinski definition) is 6. The van der Waals surface area contributed by atoms with E-state index in [-0.39, 0.29) is 0 Å². The van der Waals surface area contributed by atoms with Gasteiger partial charge in [-0.05, 0) is 29.8 Å². The molecule has 0 bridgehead atoms. The molecule has 0 saturated carbocycles. The van der Waals surface area contributed by atoms with Gasteiger partial charge in [-0.2, -0.15) is 0 Å². The Balaban J connectivity index is 1.83. The maximum absolute atomic E-state index is 12.0. The SMILES string of the molecule is COC(=O)c1ccccc1Oc1ncnc2scc(-c3ccc(Cl)cc3)c12. The Bertz CT molecular complexity index is 1130. The molecule has 0 saturated heterocycles. The number of rotatable bonds is 4. The van der Waals surface area contributed by atoms with E-state index >= 15 is 0 Å². The summed E-state index contributed by atoms with van der Waals surface area (Å²) in [5.41, 5.74) is 2.25. The zero-order valence-electron chi connectivity index (χ0n) is 14.2. The monoisotopic (exact) mass is 396 g/mol. The Morgan fingerprint density at radius 2 is 1.85 bits per heavy atom. The molecule has 27 heavy (non-hydrogen) atoms. The number of nitrogens with zero attached hydrogens (tertiary/aromatic N) is 2. The smallest absolute Gasteiger partial charge is 0.341 e. The number of ether oxygens (including phenoxy) is 2. The molecular weight excluding hydrogens is 384 g/mol. The average molecular weight is 397 g/mol. The number of benzene rings is 2. The third-order valence-electron chi connectivity index (χ3n) is 3.99. The lowest BCUT2D eigenvalue weighted by Crippen LogP contribution is -2.04. The number of esters is 1. The fourth-order valence-corrected chi connectivity index (χ4v) is 3.74. The normalized spacial score (nSPS) is 10.7. The molecule has 5 nitrogen and oxygen atoms in total. The fourth-order valence-electron chi connectivity index (χ4n) is 2.71. The van der Waals surface area contributed by atoms with Crippen molar-refractivity contribution in [3.63, 3.8) is 0 Å². The zero-order valence-corrected chi connectivity index (χ0v) is 15.8. The van der Waals surface area contributed by atoms with E-state index in [0.717, 1.165) is 21.3 Å². The predicted molar refractivity (Wildman–Crippen MR) is 106 cm³/mol. The van der Waals surface area contributed by atoms with Crippen LogP contribution in [0.3, 0.4) is 0 Å². The van der Waals surface area contributed by atoms with E-state index < -0.39 is 5.97 Å². The summed E-state index contributed by atoms with van der Waals surface area (Å²) < 4.78 is 10.8. The van der Waals surface area contributed by atoms with Gasteiger partial charge in [0.2, 0.25) is 5.88 Å². The molecule has 0 amide bonds. The van der Waals surface area contributed by atoms with Crippen LogP contribution in [0.25, 0.3) is 21.3 Å². The molecule has 134 valence electrons. The fraction of sp³-hybridized carbons (Fsp3) is 0.0500. The van der Waals surface area contributed by atoms with Crippen LogP contribution < -0.4 is 4.74 Å². The van der Waals surface area contributed by atoms with Crippen molar-refractivity contribution in [2.45, 2.75) is 0 Å². The summed E-state index contributed by atoms with van der Waals surface area (Å²) in [7, 11) is 1.33. The summed E-state index contributed by atoms with van der Waals surface area (Å²) in [6.45, 7) is 0. The first-order valence-electron chi connectivity index (χ1n) is 8.00. The van der Waals surface area contributed by atoms with Crippen LogP contribution >= 0.6 is 22.9 Å². The first-order chi connectivity index (χ1) is 13.2. The Morgan fingerprint density at radius 1 is 1.07 bits per heavy atom. The minimum atomic E-state index is -0.473. The standard InChI is InChI=1S/C20H13ClN2O3S/c1-25-20(24)14-4-2-3-5-16(14)26-18-17-15(10-27-19(17)23-11-22-18)12-6-8-13(21)9-7-12/h2-11H,1H3. The number of carbonyl (C=O) groups excluding carboxylic acids is 1. The highest BCUT2D eigenvalue weighted by Gasteiger charge is 2.18. The largest absolute Gasteiger partial charge is 0.465 e. The van der Waals surface area contributed by atoms with Crippen molar-refractivity contribution in [3.8, 4) is 22.8 Å². The lowest BCUT2D eigenvalue weighted by atomic mass is 10.1. The van der Waals surface area contributed by atoms with Gasteiger partial charge in [-0.25, -0.2) is 14.8 Å². The van der Waals surface area contributed by atoms with Gasteiger partial charge in [0.25, 0.3) is 0 Å². The molecule has 4 rings (SSSR count). The predicted octanol–water partition coefficient (Wildman–Crippen LogP) is 5.59. The number of para-hydroxylation sites is 1. The molecule has 0 aliphatic carbocycles. The highest BCUT2D eigenvalue weighted by atomic mass is 35.5. The van der Waals surface area contributed by atoms with Crippen LogP contribution in [-0.2, 0) is 4.74 Å². The van der Waals surface area contributed by atoms with E-state index in [2.05, 4.69) is 9.97 Å². The first-order valence-corrected chi connectivity index (χ1v) is 9.26. The highest BCUT2D eigenvalue weighted by molar-refractivity contribution is 7.17. The van der Waals surface area contributed by atoms with Crippen LogP contribution in [0.2, 0.25) is 5.02 Å². The van der Waals surface area contributed by atoms with Gasteiger partial charge in [-0.3, -0.25) is 0 Å². The van der Waals surface area contributed by atoms with Crippen molar-refractivity contribution in [1.82, 2.24) is 9.97 Å². The second kappa shape index (κ2) is 7.34. The highest BCUT2D eigenvalue weighted by Crippen LogP contribution is 2.39. The van der Waals surface area contributed by atoms with Gasteiger partial charge in [0.15, 0.2) is 0 Å². The van der Waals surface area contributed by atoms with Crippen molar-refractivity contribution < 1.29 is 14.3 Å². The summed E-state index contributed by atoms with van der Waals surface area (Å²) in [5, 5.41) is 3.45. The Hall–Kier alpha value is -2.96. The molecule has 4 aromatic rings. The zero-order chi connectivity index (χ0) is 18.8. The number of fused-ring (bicyclic) bond motifs is 1. The maximum Gasteiger partial charge on any atom is 0.341 e. The Kier molecular flexibility index (Phi) is 4.75. The van der Waals surface area contributed by atoms with Crippen molar-refractivity contribution in [2.75, 3.05) is 7.11 Å². The van der Waals surface area contributed by atoms with Crippen LogP contribution in [0, 0.1) is 0 Å². The summed E-state index contributed by atoms with van der Waals surface area (Å²) in [4.78, 5) is 21.4. The lowest BCUT2D eigenvalue weighted by molar-refractivity contribution is 0.0598. The van der Waals surface area contributed by atoms with Gasteiger partial charge in [0, 0.05) is 16.0 Å². The minimum absolute atomic E-state index is 0.329. The number of aromatic nitrogens is 2. The van der Waals surface area contributed by atoms with Crippen LogP contribution in [0.15, 0.2) is 60.2 Å². The van der Waals surface area contributed by atoms with E-state index in [4.69, 9.17) is 21.1 Å². The second-order valence-electron chi connectivity index (χ2n) is 5.61. The summed E-state index contributed by atoms with van der Waals surface area (Å²) in [5.74, 6) is 0.277. The van der Waals surface area contributed by atoms with Gasteiger partial charge < -0.3 is 9.47 Å². The molecule has 2 heterocycles. The molecule has 2 aromatic carbocycles. The number of hydrogen-bond donors (Lipinski definition) is 0. The Labute approximate surface area is 164 Å². The van der Waals surface area contributed by atoms with E-state index in [1.54, 1.807) is 24.3 Å². The average Bonchev–Trinajstić information content (AvgIpc) is 3.14. The quantitative estimate of drug-likeness (QED) is 0.421. The molecular formula is C20H13ClN2O3S. The number of carbonyl (C=O) groups is 1. The van der Waals surface area contributed by atoms with Crippen molar-refractivity contribution in [2.24, 2.45) is 0 Å². The molecule has 0 radical (unpaired) electrons. The summed E-state index contributed by atoms with van der Waals surface area (Å²) in [6.07, 6.45) is 1.45. The molecule has 0 N–H and O–H groups in total. The van der Waals surface area contributed by atoms with Crippen LogP contribution in [-0.4, -0.2) is 23.0 Å². The van der Waals surface area contributed by atoms with E-state index in [0.29, 0.717) is 22.2 Å². The molecule has 0 spiro atoms. The lowest BCUT2D eigenvalue weighted by Gasteiger charge is -2.10. The van der Waals surface area contributed by atoms with Gasteiger partial charge in [0.05, 0.1) is 12.5 Å². The van der Waals surface area contributed by atoms with Crippen molar-refractivity contribution >= 4 is 39.1 Å².